The molecule has 0 aliphatic carbocycles. The van der Waals surface area contributed by atoms with Crippen LogP contribution >= 0.6 is 0 Å². The fourth-order valence-corrected chi connectivity index (χ4v) is 0.676. The molecule has 0 saturated carbocycles. The summed E-state index contributed by atoms with van der Waals surface area (Å²) >= 11 is 0. The Labute approximate surface area is 65.2 Å². The van der Waals surface area contributed by atoms with Gasteiger partial charge in [-0.05, 0) is 5.92 Å². The van der Waals surface area contributed by atoms with E-state index in [2.05, 4.69) is 0 Å². The molecule has 4 nitrogen and oxygen atoms in total. The van der Waals surface area contributed by atoms with Gasteiger partial charge in [0.2, 0.25) is 11.8 Å². The smallest absolute Gasteiger partial charge is 0.245 e. The van der Waals surface area contributed by atoms with Crippen LogP contribution in [0.2, 0.25) is 0 Å². The van der Waals surface area contributed by atoms with Crippen molar-refractivity contribution in [2.24, 2.45) is 17.4 Å². The molecule has 0 aromatic rings. The second-order valence-electron chi connectivity index (χ2n) is 2.52. The molecule has 0 aromatic carbocycles. The Morgan fingerprint density at radius 1 is 1.27 bits per heavy atom. The Morgan fingerprint density at radius 2 is 1.73 bits per heavy atom. The van der Waals surface area contributed by atoms with Crippen molar-refractivity contribution in [1.29, 1.82) is 0 Å². The maximum atomic E-state index is 10.6. The number of carbonyl (C=O) groups excluding carboxylic acids is 2. The second-order valence-corrected chi connectivity index (χ2v) is 2.52. The largest absolute Gasteiger partial charge is 0.366 e. The van der Waals surface area contributed by atoms with Crippen LogP contribution < -0.4 is 11.5 Å². The summed E-state index contributed by atoms with van der Waals surface area (Å²) in [5.74, 6) is -1.31. The molecule has 4 N–H and O–H groups in total. The Morgan fingerprint density at radius 3 is 1.82 bits per heavy atom. The van der Waals surface area contributed by atoms with Crippen LogP contribution in [0.5, 0.6) is 0 Å². The highest BCUT2D eigenvalue weighted by Crippen LogP contribution is 2.07. The first kappa shape index (κ1) is 9.68. The van der Waals surface area contributed by atoms with Crippen LogP contribution in [0.15, 0.2) is 11.6 Å². The molecule has 0 aliphatic rings. The zero-order valence-electron chi connectivity index (χ0n) is 6.63. The van der Waals surface area contributed by atoms with E-state index < -0.39 is 11.8 Å². The van der Waals surface area contributed by atoms with E-state index in [1.165, 1.54) is 0 Å². The third kappa shape index (κ3) is 3.40. The fourth-order valence-electron chi connectivity index (χ4n) is 0.676. The van der Waals surface area contributed by atoms with E-state index in [1.807, 2.05) is 0 Å². The summed E-state index contributed by atoms with van der Waals surface area (Å²) in [5.41, 5.74) is 10.1. The standard InChI is InChI=1S/C7H12N2O2/c1-4(2)5(7(9)11)3-6(8)10/h3-4H,1-2H3,(H2,8,10)(H2,9,11)/b5-3-. The zero-order valence-corrected chi connectivity index (χ0v) is 6.63. The van der Waals surface area contributed by atoms with Gasteiger partial charge in [-0.2, -0.15) is 0 Å². The fraction of sp³-hybridized carbons (Fsp3) is 0.429. The van der Waals surface area contributed by atoms with Crippen molar-refractivity contribution in [3.8, 4) is 0 Å². The van der Waals surface area contributed by atoms with E-state index in [9.17, 15) is 9.59 Å². The van der Waals surface area contributed by atoms with Gasteiger partial charge < -0.3 is 11.5 Å². The summed E-state index contributed by atoms with van der Waals surface area (Å²) in [4.78, 5) is 21.0. The van der Waals surface area contributed by atoms with E-state index in [4.69, 9.17) is 11.5 Å². The highest BCUT2D eigenvalue weighted by molar-refractivity contribution is 5.99. The average molecular weight is 156 g/mol. The summed E-state index contributed by atoms with van der Waals surface area (Å²) in [6.45, 7) is 3.53. The number of hydrogen-bond donors (Lipinski definition) is 2. The van der Waals surface area contributed by atoms with Gasteiger partial charge in [0.05, 0.1) is 0 Å². The first-order valence-electron chi connectivity index (χ1n) is 3.26. The Kier molecular flexibility index (Phi) is 3.30. The molecule has 0 rings (SSSR count). The summed E-state index contributed by atoms with van der Waals surface area (Å²) in [7, 11) is 0. The van der Waals surface area contributed by atoms with Crippen molar-refractivity contribution in [3.63, 3.8) is 0 Å². The van der Waals surface area contributed by atoms with E-state index in [1.54, 1.807) is 13.8 Å². The van der Waals surface area contributed by atoms with Gasteiger partial charge in [-0.1, -0.05) is 13.8 Å². The molecule has 0 saturated heterocycles. The minimum absolute atomic E-state index is 0.0694. The van der Waals surface area contributed by atoms with Crippen LogP contribution in [0.25, 0.3) is 0 Å². The van der Waals surface area contributed by atoms with Crippen LogP contribution in [0.1, 0.15) is 13.8 Å². The molecule has 62 valence electrons. The van der Waals surface area contributed by atoms with Crippen LogP contribution in [0.4, 0.5) is 0 Å². The molecule has 0 aliphatic heterocycles. The molecule has 0 aromatic heterocycles. The molecule has 0 atom stereocenters. The highest BCUT2D eigenvalue weighted by atomic mass is 16.1. The van der Waals surface area contributed by atoms with Gasteiger partial charge in [-0.15, -0.1) is 0 Å². The van der Waals surface area contributed by atoms with E-state index in [0.717, 1.165) is 6.08 Å². The molecule has 0 heterocycles. The minimum atomic E-state index is -0.646. The lowest BCUT2D eigenvalue weighted by molar-refractivity contribution is -0.116. The van der Waals surface area contributed by atoms with E-state index in [-0.39, 0.29) is 11.5 Å². The number of carbonyl (C=O) groups is 2. The van der Waals surface area contributed by atoms with Gasteiger partial charge in [0, 0.05) is 11.6 Å². The lowest BCUT2D eigenvalue weighted by Crippen LogP contribution is -2.20. The van der Waals surface area contributed by atoms with Crippen molar-refractivity contribution < 1.29 is 9.59 Å². The Bertz CT molecular complexity index is 206. The zero-order chi connectivity index (χ0) is 9.02. The predicted octanol–water partition coefficient (Wildman–Crippen LogP) is -0.461. The maximum Gasteiger partial charge on any atom is 0.245 e. The molecule has 4 heteroatoms. The van der Waals surface area contributed by atoms with E-state index in [0.29, 0.717) is 0 Å². The van der Waals surface area contributed by atoms with Gasteiger partial charge >= 0.3 is 0 Å². The van der Waals surface area contributed by atoms with Crippen molar-refractivity contribution in [3.05, 3.63) is 11.6 Å². The molecule has 0 spiro atoms. The number of nitrogens with two attached hydrogens (primary N) is 2. The molecule has 0 unspecified atom stereocenters. The third-order valence-electron chi connectivity index (χ3n) is 1.20. The quantitative estimate of drug-likeness (QED) is 0.542. The van der Waals surface area contributed by atoms with Gasteiger partial charge in [-0.25, -0.2) is 0 Å². The third-order valence-corrected chi connectivity index (χ3v) is 1.20. The molecule has 0 fully saturated rings. The molecular weight excluding hydrogens is 144 g/mol. The molecular formula is C7H12N2O2. The SMILES string of the molecule is CC(C)/C(=C/C(N)=O)C(N)=O. The molecule has 0 bridgehead atoms. The maximum absolute atomic E-state index is 10.6. The van der Waals surface area contributed by atoms with Gasteiger partial charge in [-0.3, -0.25) is 9.59 Å². The normalized spacial score (nSPS) is 11.7. The van der Waals surface area contributed by atoms with Crippen molar-refractivity contribution in [1.82, 2.24) is 0 Å². The lowest BCUT2D eigenvalue weighted by atomic mass is 10.0. The highest BCUT2D eigenvalue weighted by Gasteiger charge is 2.09. The van der Waals surface area contributed by atoms with E-state index >= 15 is 0 Å². The van der Waals surface area contributed by atoms with Gasteiger partial charge in [0.1, 0.15) is 0 Å². The molecule has 2 amide bonds. The predicted molar refractivity (Wildman–Crippen MR) is 41.3 cm³/mol. The number of amides is 2. The van der Waals surface area contributed by atoms with Crippen LogP contribution in [0.3, 0.4) is 0 Å². The number of primary amides is 2. The molecule has 11 heavy (non-hydrogen) atoms. The lowest BCUT2D eigenvalue weighted by Gasteiger charge is -2.04. The van der Waals surface area contributed by atoms with Crippen molar-refractivity contribution in [2.75, 3.05) is 0 Å². The summed E-state index contributed by atoms with van der Waals surface area (Å²) < 4.78 is 0. The van der Waals surface area contributed by atoms with Gasteiger partial charge in [0.25, 0.3) is 0 Å². The number of rotatable bonds is 3. The Balaban J connectivity index is 4.60. The monoisotopic (exact) mass is 156 g/mol. The minimum Gasteiger partial charge on any atom is -0.366 e. The topological polar surface area (TPSA) is 86.2 Å². The average Bonchev–Trinajstić information content (AvgIpc) is 1.81. The number of hydrogen-bond acceptors (Lipinski definition) is 2. The summed E-state index contributed by atoms with van der Waals surface area (Å²) in [6, 6.07) is 0. The Hall–Kier alpha value is -1.32. The first-order chi connectivity index (χ1) is 4.95. The van der Waals surface area contributed by atoms with Crippen LogP contribution in [0, 0.1) is 5.92 Å². The first-order valence-corrected chi connectivity index (χ1v) is 3.26. The second kappa shape index (κ2) is 3.75. The van der Waals surface area contributed by atoms with Crippen molar-refractivity contribution >= 4 is 11.8 Å². The van der Waals surface area contributed by atoms with Crippen LogP contribution in [-0.2, 0) is 9.59 Å². The summed E-state index contributed by atoms with van der Waals surface area (Å²) in [6.07, 6.45) is 1.06. The summed E-state index contributed by atoms with van der Waals surface area (Å²) in [5, 5.41) is 0. The van der Waals surface area contributed by atoms with Crippen LogP contribution in [-0.4, -0.2) is 11.8 Å². The van der Waals surface area contributed by atoms with Gasteiger partial charge in [0.15, 0.2) is 0 Å². The van der Waals surface area contributed by atoms with Crippen molar-refractivity contribution in [2.45, 2.75) is 13.8 Å². The molecule has 0 radical (unpaired) electrons.